The predicted molar refractivity (Wildman–Crippen MR) is 84.2 cm³/mol. The second-order valence-corrected chi connectivity index (χ2v) is 7.84. The minimum absolute atomic E-state index is 0.000926. The Bertz CT molecular complexity index is 628. The average Bonchev–Trinajstić information content (AvgIpc) is 3.33. The summed E-state index contributed by atoms with van der Waals surface area (Å²) in [6.07, 6.45) is 6.25. The number of hydrogen-bond acceptors (Lipinski definition) is 3. The van der Waals surface area contributed by atoms with Crippen molar-refractivity contribution >= 4 is 15.9 Å². The minimum atomic E-state index is -3.45. The standard InChI is InChI=1S/C16H22N2O3S/c19-16(18-11-3-1-2-4-12-18)13-5-9-15(10-6-13)22(20,21)17-14-7-8-14/h5-6,9-10,14,17H,1-4,7-8,11-12H2. The Morgan fingerprint density at radius 3 is 2.14 bits per heavy atom. The maximum atomic E-state index is 12.5. The second kappa shape index (κ2) is 6.38. The van der Waals surface area contributed by atoms with E-state index >= 15 is 0 Å². The number of sulfonamides is 1. The van der Waals surface area contributed by atoms with Gasteiger partial charge >= 0.3 is 0 Å². The van der Waals surface area contributed by atoms with Gasteiger partial charge in [0, 0.05) is 24.7 Å². The maximum absolute atomic E-state index is 12.5. The van der Waals surface area contributed by atoms with Crippen LogP contribution in [0, 0.1) is 0 Å². The highest BCUT2D eigenvalue weighted by atomic mass is 32.2. The Labute approximate surface area is 131 Å². The highest BCUT2D eigenvalue weighted by Crippen LogP contribution is 2.22. The number of benzene rings is 1. The molecule has 0 radical (unpaired) electrons. The summed E-state index contributed by atoms with van der Waals surface area (Å²) in [5.74, 6) is 0.000926. The van der Waals surface area contributed by atoms with Crippen LogP contribution >= 0.6 is 0 Å². The molecule has 1 aromatic carbocycles. The van der Waals surface area contributed by atoms with Crippen LogP contribution in [-0.2, 0) is 10.0 Å². The number of carbonyl (C=O) groups excluding carboxylic acids is 1. The molecule has 1 amide bonds. The van der Waals surface area contributed by atoms with Gasteiger partial charge in [-0.15, -0.1) is 0 Å². The summed E-state index contributed by atoms with van der Waals surface area (Å²) in [6, 6.07) is 6.37. The zero-order valence-corrected chi connectivity index (χ0v) is 13.4. The molecule has 1 aliphatic heterocycles. The highest BCUT2D eigenvalue weighted by molar-refractivity contribution is 7.89. The summed E-state index contributed by atoms with van der Waals surface area (Å²) in [4.78, 5) is 14.6. The summed E-state index contributed by atoms with van der Waals surface area (Å²) in [6.45, 7) is 1.59. The van der Waals surface area contributed by atoms with Crippen LogP contribution in [0.25, 0.3) is 0 Å². The van der Waals surface area contributed by atoms with Crippen molar-refractivity contribution in [1.82, 2.24) is 9.62 Å². The zero-order chi connectivity index (χ0) is 15.6. The Balaban J connectivity index is 1.71. The van der Waals surface area contributed by atoms with Crippen molar-refractivity contribution in [3.05, 3.63) is 29.8 Å². The number of rotatable bonds is 4. The van der Waals surface area contributed by atoms with E-state index in [-0.39, 0.29) is 16.8 Å². The molecule has 1 saturated heterocycles. The van der Waals surface area contributed by atoms with Gasteiger partial charge in [0.1, 0.15) is 0 Å². The predicted octanol–water partition coefficient (Wildman–Crippen LogP) is 2.14. The van der Waals surface area contributed by atoms with Gasteiger partial charge in [0.25, 0.3) is 5.91 Å². The summed E-state index contributed by atoms with van der Waals surface area (Å²) in [5.41, 5.74) is 0.562. The smallest absolute Gasteiger partial charge is 0.253 e. The molecule has 0 aromatic heterocycles. The van der Waals surface area contributed by atoms with Gasteiger partial charge in [0.15, 0.2) is 0 Å². The molecular formula is C16H22N2O3S. The Morgan fingerprint density at radius 2 is 1.59 bits per heavy atom. The molecule has 0 unspecified atom stereocenters. The highest BCUT2D eigenvalue weighted by Gasteiger charge is 2.28. The number of likely N-dealkylation sites (tertiary alicyclic amines) is 1. The quantitative estimate of drug-likeness (QED) is 0.923. The Hall–Kier alpha value is -1.40. The van der Waals surface area contributed by atoms with E-state index in [0.29, 0.717) is 5.56 Å². The first-order valence-electron chi connectivity index (χ1n) is 7.98. The molecule has 3 rings (SSSR count). The molecule has 120 valence electrons. The lowest BCUT2D eigenvalue weighted by Crippen LogP contribution is -2.32. The molecule has 6 heteroatoms. The molecule has 1 heterocycles. The lowest BCUT2D eigenvalue weighted by Gasteiger charge is -2.20. The van der Waals surface area contributed by atoms with Crippen molar-refractivity contribution in [2.75, 3.05) is 13.1 Å². The van der Waals surface area contributed by atoms with E-state index in [2.05, 4.69) is 4.72 Å². The van der Waals surface area contributed by atoms with Crippen molar-refractivity contribution in [2.24, 2.45) is 0 Å². The van der Waals surface area contributed by atoms with Crippen molar-refractivity contribution in [1.29, 1.82) is 0 Å². The van der Waals surface area contributed by atoms with Crippen LogP contribution in [0.2, 0.25) is 0 Å². The van der Waals surface area contributed by atoms with Crippen LogP contribution in [0.3, 0.4) is 0 Å². The number of nitrogens with zero attached hydrogens (tertiary/aromatic N) is 1. The molecular weight excluding hydrogens is 300 g/mol. The van der Waals surface area contributed by atoms with E-state index in [0.717, 1.165) is 38.8 Å². The number of hydrogen-bond donors (Lipinski definition) is 1. The lowest BCUT2D eigenvalue weighted by molar-refractivity contribution is 0.0761. The van der Waals surface area contributed by atoms with Crippen LogP contribution in [-0.4, -0.2) is 38.4 Å². The monoisotopic (exact) mass is 322 g/mol. The molecule has 1 aromatic rings. The lowest BCUT2D eigenvalue weighted by atomic mass is 10.2. The molecule has 5 nitrogen and oxygen atoms in total. The van der Waals surface area contributed by atoms with Gasteiger partial charge in [0.05, 0.1) is 4.90 Å². The van der Waals surface area contributed by atoms with Crippen LogP contribution in [0.5, 0.6) is 0 Å². The summed E-state index contributed by atoms with van der Waals surface area (Å²) in [5, 5.41) is 0. The minimum Gasteiger partial charge on any atom is -0.339 e. The fraction of sp³-hybridized carbons (Fsp3) is 0.562. The van der Waals surface area contributed by atoms with E-state index < -0.39 is 10.0 Å². The molecule has 1 N–H and O–H groups in total. The molecule has 1 aliphatic carbocycles. The van der Waals surface area contributed by atoms with Gasteiger partial charge in [-0.25, -0.2) is 13.1 Å². The number of carbonyl (C=O) groups is 1. The van der Waals surface area contributed by atoms with Crippen LogP contribution in [0.15, 0.2) is 29.2 Å². The van der Waals surface area contributed by atoms with Gasteiger partial charge < -0.3 is 4.90 Å². The van der Waals surface area contributed by atoms with Gasteiger partial charge in [-0.2, -0.15) is 0 Å². The summed E-state index contributed by atoms with van der Waals surface area (Å²) >= 11 is 0. The zero-order valence-electron chi connectivity index (χ0n) is 12.6. The van der Waals surface area contributed by atoms with Crippen LogP contribution in [0.4, 0.5) is 0 Å². The van der Waals surface area contributed by atoms with Crippen molar-refractivity contribution < 1.29 is 13.2 Å². The van der Waals surface area contributed by atoms with E-state index in [1.807, 2.05) is 4.90 Å². The van der Waals surface area contributed by atoms with Gasteiger partial charge in [0.2, 0.25) is 10.0 Å². The Morgan fingerprint density at radius 1 is 1.00 bits per heavy atom. The van der Waals surface area contributed by atoms with E-state index in [4.69, 9.17) is 0 Å². The second-order valence-electron chi connectivity index (χ2n) is 6.13. The maximum Gasteiger partial charge on any atom is 0.253 e. The first-order chi connectivity index (χ1) is 10.6. The number of nitrogens with one attached hydrogen (secondary N) is 1. The average molecular weight is 322 g/mol. The molecule has 0 atom stereocenters. The van der Waals surface area contributed by atoms with Gasteiger partial charge in [-0.3, -0.25) is 4.79 Å². The third-order valence-corrected chi connectivity index (χ3v) is 5.74. The normalized spacial score (nSPS) is 19.7. The summed E-state index contributed by atoms with van der Waals surface area (Å²) in [7, 11) is -3.45. The fourth-order valence-corrected chi connectivity index (χ4v) is 4.03. The first-order valence-corrected chi connectivity index (χ1v) is 9.46. The number of amides is 1. The molecule has 2 aliphatic rings. The van der Waals surface area contributed by atoms with Crippen molar-refractivity contribution in [3.8, 4) is 0 Å². The van der Waals surface area contributed by atoms with Crippen molar-refractivity contribution in [3.63, 3.8) is 0 Å². The van der Waals surface area contributed by atoms with E-state index in [1.165, 1.54) is 25.0 Å². The third kappa shape index (κ3) is 3.67. The SMILES string of the molecule is O=C(c1ccc(S(=O)(=O)NC2CC2)cc1)N1CCCCCC1. The fourth-order valence-electron chi connectivity index (χ4n) is 2.72. The van der Waals surface area contributed by atoms with Crippen LogP contribution < -0.4 is 4.72 Å². The molecule has 2 fully saturated rings. The molecule has 0 bridgehead atoms. The largest absolute Gasteiger partial charge is 0.339 e. The topological polar surface area (TPSA) is 66.5 Å². The first kappa shape index (κ1) is 15.5. The van der Waals surface area contributed by atoms with Gasteiger partial charge in [-0.1, -0.05) is 12.8 Å². The molecule has 0 spiro atoms. The Kier molecular flexibility index (Phi) is 4.49. The molecule has 1 saturated carbocycles. The van der Waals surface area contributed by atoms with E-state index in [1.54, 1.807) is 12.1 Å². The molecule has 22 heavy (non-hydrogen) atoms. The van der Waals surface area contributed by atoms with Gasteiger partial charge in [-0.05, 0) is 49.9 Å². The van der Waals surface area contributed by atoms with E-state index in [9.17, 15) is 13.2 Å². The summed E-state index contributed by atoms with van der Waals surface area (Å²) < 4.78 is 26.9. The van der Waals surface area contributed by atoms with Crippen LogP contribution in [0.1, 0.15) is 48.9 Å². The van der Waals surface area contributed by atoms with Crippen molar-refractivity contribution in [2.45, 2.75) is 49.5 Å². The third-order valence-electron chi connectivity index (χ3n) is 4.20.